The Labute approximate surface area is 115 Å². The third-order valence-electron chi connectivity index (χ3n) is 2.88. The number of alkyl halides is 3. The molecule has 0 amide bonds. The van der Waals surface area contributed by atoms with E-state index in [0.717, 1.165) is 0 Å². The summed E-state index contributed by atoms with van der Waals surface area (Å²) in [4.78, 5) is 14.9. The van der Waals surface area contributed by atoms with Crippen LogP contribution >= 0.6 is 0 Å². The van der Waals surface area contributed by atoms with Gasteiger partial charge in [0.1, 0.15) is 11.2 Å². The van der Waals surface area contributed by atoms with Gasteiger partial charge in [-0.25, -0.2) is 14.5 Å². The molecule has 108 valence electrons. The van der Waals surface area contributed by atoms with Gasteiger partial charge in [0.05, 0.1) is 12.4 Å². The molecule has 9 heteroatoms. The maximum Gasteiger partial charge on any atom is 0.434 e. The maximum atomic E-state index is 13.1. The molecule has 0 aliphatic heterocycles. The number of carboxylic acid groups (broad SMARTS) is 1. The molecule has 0 atom stereocenters. The Morgan fingerprint density at radius 3 is 2.67 bits per heavy atom. The summed E-state index contributed by atoms with van der Waals surface area (Å²) in [7, 11) is 0. The van der Waals surface area contributed by atoms with Crippen LogP contribution < -0.4 is 0 Å². The quantitative estimate of drug-likeness (QED) is 0.787. The number of nitrogens with zero attached hydrogens (tertiary/aromatic N) is 4. The second-order valence-corrected chi connectivity index (χ2v) is 4.17. The molecule has 3 aromatic rings. The highest BCUT2D eigenvalue weighted by Gasteiger charge is 2.41. The van der Waals surface area contributed by atoms with E-state index in [1.165, 1.54) is 16.8 Å². The van der Waals surface area contributed by atoms with Crippen LogP contribution in [0.25, 0.3) is 11.5 Å². The predicted molar refractivity (Wildman–Crippen MR) is 64.3 cm³/mol. The van der Waals surface area contributed by atoms with Crippen molar-refractivity contribution >= 4 is 11.6 Å². The first-order valence-corrected chi connectivity index (χ1v) is 5.70. The van der Waals surface area contributed by atoms with Crippen molar-refractivity contribution in [1.29, 1.82) is 0 Å². The summed E-state index contributed by atoms with van der Waals surface area (Å²) in [6.45, 7) is 0. The fourth-order valence-electron chi connectivity index (χ4n) is 2.03. The normalized spacial score (nSPS) is 12.0. The zero-order chi connectivity index (χ0) is 15.2. The Hall–Kier alpha value is -2.84. The molecule has 0 saturated carbocycles. The van der Waals surface area contributed by atoms with Gasteiger partial charge in [0.15, 0.2) is 11.5 Å². The van der Waals surface area contributed by atoms with E-state index in [1.807, 2.05) is 0 Å². The fraction of sp³-hybridized carbons (Fsp3) is 0.0833. The first kappa shape index (κ1) is 13.2. The smallest absolute Gasteiger partial charge is 0.434 e. The predicted octanol–water partition coefficient (Wildman–Crippen LogP) is 2.24. The summed E-state index contributed by atoms with van der Waals surface area (Å²) in [6.07, 6.45) is -1.47. The van der Waals surface area contributed by atoms with E-state index in [2.05, 4.69) is 10.1 Å². The van der Waals surface area contributed by atoms with Crippen molar-refractivity contribution in [2.45, 2.75) is 6.18 Å². The number of hydrogen-bond acceptors (Lipinski definition) is 3. The number of aromatic nitrogens is 4. The highest BCUT2D eigenvalue weighted by Crippen LogP contribution is 2.33. The minimum Gasteiger partial charge on any atom is -0.478 e. The Morgan fingerprint density at radius 1 is 1.24 bits per heavy atom. The fourth-order valence-corrected chi connectivity index (χ4v) is 2.03. The van der Waals surface area contributed by atoms with E-state index < -0.39 is 23.4 Å². The van der Waals surface area contributed by atoms with Gasteiger partial charge in [-0.2, -0.15) is 18.3 Å². The summed E-state index contributed by atoms with van der Waals surface area (Å²) < 4.78 is 41.3. The molecule has 0 unspecified atom stereocenters. The lowest BCUT2D eigenvalue weighted by Gasteiger charge is -2.10. The molecular weight excluding hydrogens is 289 g/mol. The number of carboxylic acids is 1. The van der Waals surface area contributed by atoms with E-state index in [-0.39, 0.29) is 5.82 Å². The van der Waals surface area contributed by atoms with Gasteiger partial charge in [0.2, 0.25) is 0 Å². The molecular formula is C12H7F3N4O2. The largest absolute Gasteiger partial charge is 0.478 e. The molecule has 0 aliphatic carbocycles. The average molecular weight is 296 g/mol. The van der Waals surface area contributed by atoms with Gasteiger partial charge in [0, 0.05) is 6.20 Å². The standard InChI is InChI=1S/C12H7F3N4O2/c13-12(14,15)10-7(11(20)21)5-17-19(10)9-6-16-8-3-1-2-4-18(8)9/h1-6H,(H,20,21). The monoisotopic (exact) mass is 296 g/mol. The van der Waals surface area contributed by atoms with Crippen molar-refractivity contribution in [3.05, 3.63) is 48.0 Å². The molecule has 3 heterocycles. The Bertz CT molecular complexity index is 835. The summed E-state index contributed by atoms with van der Waals surface area (Å²) in [6, 6.07) is 4.91. The number of fused-ring (bicyclic) bond motifs is 1. The molecule has 3 aromatic heterocycles. The van der Waals surface area contributed by atoms with E-state index in [0.29, 0.717) is 16.5 Å². The lowest BCUT2D eigenvalue weighted by molar-refractivity contribution is -0.143. The molecule has 0 saturated heterocycles. The van der Waals surface area contributed by atoms with Gasteiger partial charge < -0.3 is 5.11 Å². The molecule has 0 radical (unpaired) electrons. The number of hydrogen-bond donors (Lipinski definition) is 1. The van der Waals surface area contributed by atoms with Crippen molar-refractivity contribution in [3.8, 4) is 5.82 Å². The van der Waals surface area contributed by atoms with Crippen LogP contribution in [0.1, 0.15) is 16.1 Å². The van der Waals surface area contributed by atoms with Gasteiger partial charge in [-0.1, -0.05) is 6.07 Å². The van der Waals surface area contributed by atoms with Crippen molar-refractivity contribution < 1.29 is 23.1 Å². The lowest BCUT2D eigenvalue weighted by atomic mass is 10.2. The molecule has 0 fully saturated rings. The first-order valence-electron chi connectivity index (χ1n) is 5.70. The van der Waals surface area contributed by atoms with E-state index in [1.54, 1.807) is 18.2 Å². The average Bonchev–Trinajstić information content (AvgIpc) is 3.01. The van der Waals surface area contributed by atoms with Crippen molar-refractivity contribution in [2.75, 3.05) is 0 Å². The summed E-state index contributed by atoms with van der Waals surface area (Å²) in [5.74, 6) is -1.69. The highest BCUT2D eigenvalue weighted by atomic mass is 19.4. The zero-order valence-corrected chi connectivity index (χ0v) is 10.2. The van der Waals surface area contributed by atoms with Gasteiger partial charge >= 0.3 is 12.1 Å². The SMILES string of the molecule is O=C(O)c1cnn(-c2cnc3ccccn23)c1C(F)(F)F. The number of rotatable bonds is 2. The molecule has 0 bridgehead atoms. The third kappa shape index (κ3) is 2.02. The van der Waals surface area contributed by atoms with Crippen LogP contribution in [0.5, 0.6) is 0 Å². The molecule has 1 N–H and O–H groups in total. The van der Waals surface area contributed by atoms with Gasteiger partial charge in [-0.3, -0.25) is 4.40 Å². The second kappa shape index (κ2) is 4.33. The van der Waals surface area contributed by atoms with Crippen molar-refractivity contribution in [1.82, 2.24) is 19.2 Å². The summed E-state index contributed by atoms with van der Waals surface area (Å²) in [5, 5.41) is 12.4. The van der Waals surface area contributed by atoms with Crippen LogP contribution in [0.4, 0.5) is 13.2 Å². The van der Waals surface area contributed by atoms with Gasteiger partial charge in [0.25, 0.3) is 0 Å². The van der Waals surface area contributed by atoms with Gasteiger partial charge in [-0.05, 0) is 12.1 Å². The Balaban J connectivity index is 2.31. The number of imidazole rings is 1. The second-order valence-electron chi connectivity index (χ2n) is 4.17. The molecule has 0 aliphatic rings. The van der Waals surface area contributed by atoms with Crippen LogP contribution in [0.3, 0.4) is 0 Å². The van der Waals surface area contributed by atoms with E-state index in [9.17, 15) is 18.0 Å². The molecule has 0 spiro atoms. The molecule has 0 aromatic carbocycles. The molecule has 3 rings (SSSR count). The van der Waals surface area contributed by atoms with Crippen molar-refractivity contribution in [2.24, 2.45) is 0 Å². The van der Waals surface area contributed by atoms with Gasteiger partial charge in [-0.15, -0.1) is 0 Å². The topological polar surface area (TPSA) is 72.4 Å². The number of aromatic carboxylic acids is 1. The summed E-state index contributed by atoms with van der Waals surface area (Å²) >= 11 is 0. The van der Waals surface area contributed by atoms with Crippen LogP contribution in [0.2, 0.25) is 0 Å². The minimum atomic E-state index is -4.86. The van der Waals surface area contributed by atoms with Crippen LogP contribution in [0.15, 0.2) is 36.8 Å². The third-order valence-corrected chi connectivity index (χ3v) is 2.88. The summed E-state index contributed by atoms with van der Waals surface area (Å²) in [5.41, 5.74) is -1.83. The number of pyridine rings is 1. The highest BCUT2D eigenvalue weighted by molar-refractivity contribution is 5.89. The number of carbonyl (C=O) groups is 1. The minimum absolute atomic E-state index is 0.00502. The molecule has 6 nitrogen and oxygen atoms in total. The first-order chi connectivity index (χ1) is 9.89. The Morgan fingerprint density at radius 2 is 2.00 bits per heavy atom. The van der Waals surface area contributed by atoms with Crippen LogP contribution in [0, 0.1) is 0 Å². The van der Waals surface area contributed by atoms with E-state index in [4.69, 9.17) is 5.11 Å². The van der Waals surface area contributed by atoms with Crippen molar-refractivity contribution in [3.63, 3.8) is 0 Å². The van der Waals surface area contributed by atoms with Crippen LogP contribution in [-0.2, 0) is 6.18 Å². The zero-order valence-electron chi connectivity index (χ0n) is 10.2. The van der Waals surface area contributed by atoms with E-state index >= 15 is 0 Å². The Kier molecular flexibility index (Phi) is 2.71. The van der Waals surface area contributed by atoms with Crippen LogP contribution in [-0.4, -0.2) is 30.2 Å². The lowest BCUT2D eigenvalue weighted by Crippen LogP contribution is -2.18. The maximum absolute atomic E-state index is 13.1. The molecule has 21 heavy (non-hydrogen) atoms. The number of halogens is 3.